The first-order valence-corrected chi connectivity index (χ1v) is 8.19. The molecular weight excluding hydrogens is 324 g/mol. The fourth-order valence-corrected chi connectivity index (χ4v) is 2.18. The number of carbonyl (C=O) groups is 1. The lowest BCUT2D eigenvalue weighted by atomic mass is 10.2. The summed E-state index contributed by atoms with van der Waals surface area (Å²) in [5.41, 5.74) is 2.82. The Morgan fingerprint density at radius 3 is 2.25 bits per heavy atom. The third-order valence-electron chi connectivity index (χ3n) is 3.40. The third-order valence-corrected chi connectivity index (χ3v) is 3.65. The highest BCUT2D eigenvalue weighted by atomic mass is 35.5. The van der Waals surface area contributed by atoms with Gasteiger partial charge in [-0.3, -0.25) is 0 Å². The molecule has 24 heavy (non-hydrogen) atoms. The van der Waals surface area contributed by atoms with E-state index in [1.54, 1.807) is 24.3 Å². The summed E-state index contributed by atoms with van der Waals surface area (Å²) in [6.45, 7) is 2.35. The molecule has 0 heterocycles. The van der Waals surface area contributed by atoms with Crippen molar-refractivity contribution in [1.82, 2.24) is 10.2 Å². The summed E-state index contributed by atoms with van der Waals surface area (Å²) in [7, 11) is 4.09. The minimum atomic E-state index is -0.245. The predicted molar refractivity (Wildman–Crippen MR) is 101 cm³/mol. The Hall–Kier alpha value is -2.24. The van der Waals surface area contributed by atoms with Crippen molar-refractivity contribution in [2.45, 2.75) is 6.54 Å². The van der Waals surface area contributed by atoms with Crippen LogP contribution >= 0.6 is 11.6 Å². The standard InChI is InChI=1S/C18H23ClN4O/c1-23(2)12-11-20-16-7-3-14(4-8-16)13-21-18(24)22-17-9-5-15(19)6-10-17/h3-10,20H,11-13H2,1-2H3,(H2,21,22,24). The van der Waals surface area contributed by atoms with Crippen LogP contribution in [0.4, 0.5) is 16.2 Å². The van der Waals surface area contributed by atoms with E-state index in [4.69, 9.17) is 11.6 Å². The van der Waals surface area contributed by atoms with Crippen LogP contribution < -0.4 is 16.0 Å². The number of amides is 2. The second-order valence-corrected chi connectivity index (χ2v) is 6.18. The number of nitrogens with one attached hydrogen (secondary N) is 3. The van der Waals surface area contributed by atoms with Crippen LogP contribution in [-0.2, 0) is 6.54 Å². The lowest BCUT2D eigenvalue weighted by molar-refractivity contribution is 0.251. The molecule has 0 radical (unpaired) electrons. The molecule has 3 N–H and O–H groups in total. The van der Waals surface area contributed by atoms with Gasteiger partial charge in [-0.2, -0.15) is 0 Å². The number of nitrogens with zero attached hydrogens (tertiary/aromatic N) is 1. The number of hydrogen-bond acceptors (Lipinski definition) is 3. The fourth-order valence-electron chi connectivity index (χ4n) is 2.06. The van der Waals surface area contributed by atoms with Crippen molar-refractivity contribution < 1.29 is 4.79 Å². The minimum absolute atomic E-state index is 0.245. The highest BCUT2D eigenvalue weighted by Gasteiger charge is 2.02. The second-order valence-electron chi connectivity index (χ2n) is 5.74. The molecule has 5 nitrogen and oxygen atoms in total. The monoisotopic (exact) mass is 346 g/mol. The molecule has 0 fully saturated rings. The maximum absolute atomic E-state index is 11.9. The maximum Gasteiger partial charge on any atom is 0.319 e. The van der Waals surface area contributed by atoms with E-state index < -0.39 is 0 Å². The van der Waals surface area contributed by atoms with Crippen molar-refractivity contribution in [1.29, 1.82) is 0 Å². The lowest BCUT2D eigenvalue weighted by Crippen LogP contribution is -2.28. The molecule has 6 heteroatoms. The van der Waals surface area contributed by atoms with E-state index in [0.717, 1.165) is 24.3 Å². The van der Waals surface area contributed by atoms with Gasteiger partial charge in [-0.1, -0.05) is 23.7 Å². The van der Waals surface area contributed by atoms with Gasteiger partial charge in [-0.15, -0.1) is 0 Å². The second kappa shape index (κ2) is 9.15. The van der Waals surface area contributed by atoms with Crippen molar-refractivity contribution in [3.8, 4) is 0 Å². The molecule has 0 spiro atoms. The van der Waals surface area contributed by atoms with Crippen LogP contribution in [0.5, 0.6) is 0 Å². The Morgan fingerprint density at radius 1 is 1.00 bits per heavy atom. The van der Waals surface area contributed by atoms with Crippen LogP contribution in [0.1, 0.15) is 5.56 Å². The number of hydrogen-bond donors (Lipinski definition) is 3. The van der Waals surface area contributed by atoms with Crippen molar-refractivity contribution in [2.24, 2.45) is 0 Å². The van der Waals surface area contributed by atoms with Gasteiger partial charge in [0.05, 0.1) is 0 Å². The van der Waals surface area contributed by atoms with Crippen molar-refractivity contribution in [3.63, 3.8) is 0 Å². The van der Waals surface area contributed by atoms with E-state index >= 15 is 0 Å². The molecular formula is C18H23ClN4O. The lowest BCUT2D eigenvalue weighted by Gasteiger charge is -2.12. The predicted octanol–water partition coefficient (Wildman–Crippen LogP) is 3.64. The van der Waals surface area contributed by atoms with Gasteiger partial charge in [0.25, 0.3) is 0 Å². The number of benzene rings is 2. The average molecular weight is 347 g/mol. The molecule has 0 unspecified atom stereocenters. The maximum atomic E-state index is 11.9. The summed E-state index contributed by atoms with van der Waals surface area (Å²) in [5.74, 6) is 0. The van der Waals surface area contributed by atoms with E-state index in [1.807, 2.05) is 38.4 Å². The van der Waals surface area contributed by atoms with Crippen LogP contribution in [0.25, 0.3) is 0 Å². The molecule has 2 amide bonds. The molecule has 0 aromatic heterocycles. The van der Waals surface area contributed by atoms with Crippen molar-refractivity contribution in [3.05, 3.63) is 59.1 Å². The molecule has 2 aromatic carbocycles. The van der Waals surface area contributed by atoms with Gasteiger partial charge >= 0.3 is 6.03 Å². The Kier molecular flexibility index (Phi) is 6.90. The van der Waals surface area contributed by atoms with Crippen molar-refractivity contribution in [2.75, 3.05) is 37.8 Å². The first-order valence-electron chi connectivity index (χ1n) is 7.81. The molecule has 0 aliphatic carbocycles. The fraction of sp³-hybridized carbons (Fsp3) is 0.278. The van der Waals surface area contributed by atoms with E-state index in [9.17, 15) is 4.79 Å². The van der Waals surface area contributed by atoms with Gasteiger partial charge in [0.2, 0.25) is 0 Å². The first-order chi connectivity index (χ1) is 11.5. The summed E-state index contributed by atoms with van der Waals surface area (Å²) in [6, 6.07) is 14.8. The van der Waals surface area contributed by atoms with Gasteiger partial charge in [0.15, 0.2) is 0 Å². The summed E-state index contributed by atoms with van der Waals surface area (Å²) in [6.07, 6.45) is 0. The highest BCUT2D eigenvalue weighted by Crippen LogP contribution is 2.13. The van der Waals surface area contributed by atoms with Crippen LogP contribution in [0.3, 0.4) is 0 Å². The van der Waals surface area contributed by atoms with E-state index in [1.165, 1.54) is 0 Å². The van der Waals surface area contributed by atoms with E-state index in [-0.39, 0.29) is 6.03 Å². The molecule has 0 atom stereocenters. The zero-order valence-corrected chi connectivity index (χ0v) is 14.7. The van der Waals surface area contributed by atoms with Gasteiger partial charge in [-0.25, -0.2) is 4.79 Å². The Balaban J connectivity index is 1.75. The summed E-state index contributed by atoms with van der Waals surface area (Å²) in [5, 5.41) is 9.59. The molecule has 0 bridgehead atoms. The number of urea groups is 1. The molecule has 2 rings (SSSR count). The summed E-state index contributed by atoms with van der Waals surface area (Å²) in [4.78, 5) is 14.0. The van der Waals surface area contributed by atoms with Crippen LogP contribution in [0.15, 0.2) is 48.5 Å². The topological polar surface area (TPSA) is 56.4 Å². The van der Waals surface area contributed by atoms with Crippen LogP contribution in [-0.4, -0.2) is 38.1 Å². The van der Waals surface area contributed by atoms with Crippen molar-refractivity contribution >= 4 is 29.0 Å². The van der Waals surface area contributed by atoms with Gasteiger partial charge < -0.3 is 20.9 Å². The van der Waals surface area contributed by atoms with Gasteiger partial charge in [-0.05, 0) is 56.1 Å². The average Bonchev–Trinajstić information content (AvgIpc) is 2.56. The van der Waals surface area contributed by atoms with Crippen LogP contribution in [0, 0.1) is 0 Å². The zero-order valence-electron chi connectivity index (χ0n) is 14.0. The number of anilines is 2. The molecule has 0 saturated heterocycles. The number of likely N-dealkylation sites (N-methyl/N-ethyl adjacent to an activating group) is 1. The Bertz CT molecular complexity index is 641. The number of carbonyl (C=O) groups excluding carboxylic acids is 1. The largest absolute Gasteiger partial charge is 0.384 e. The quantitative estimate of drug-likeness (QED) is 0.717. The molecule has 2 aromatic rings. The smallest absolute Gasteiger partial charge is 0.319 e. The number of rotatable bonds is 7. The summed E-state index contributed by atoms with van der Waals surface area (Å²) < 4.78 is 0. The minimum Gasteiger partial charge on any atom is -0.384 e. The highest BCUT2D eigenvalue weighted by molar-refractivity contribution is 6.30. The molecule has 128 valence electrons. The zero-order chi connectivity index (χ0) is 17.4. The van der Waals surface area contributed by atoms with E-state index in [0.29, 0.717) is 17.3 Å². The van der Waals surface area contributed by atoms with Gasteiger partial charge in [0, 0.05) is 36.0 Å². The Labute approximate surface area is 148 Å². The normalized spacial score (nSPS) is 10.5. The van der Waals surface area contributed by atoms with Crippen LogP contribution in [0.2, 0.25) is 5.02 Å². The summed E-state index contributed by atoms with van der Waals surface area (Å²) >= 11 is 5.81. The van der Waals surface area contributed by atoms with Gasteiger partial charge in [0.1, 0.15) is 0 Å². The molecule has 0 saturated carbocycles. The SMILES string of the molecule is CN(C)CCNc1ccc(CNC(=O)Nc2ccc(Cl)cc2)cc1. The Morgan fingerprint density at radius 2 is 1.62 bits per heavy atom. The van der Waals surface area contributed by atoms with E-state index in [2.05, 4.69) is 20.9 Å². The molecule has 0 aliphatic rings. The number of halogens is 1. The first kappa shape index (κ1) is 18.1. The molecule has 0 aliphatic heterocycles. The third kappa shape index (κ3) is 6.48.